The number of aromatic nitrogens is 3. The maximum atomic E-state index is 15.1. The van der Waals surface area contributed by atoms with Crippen molar-refractivity contribution in [2.45, 2.75) is 27.2 Å². The monoisotopic (exact) mass is 541 g/mol. The van der Waals surface area contributed by atoms with Crippen LogP contribution in [-0.4, -0.2) is 27.8 Å². The van der Waals surface area contributed by atoms with Crippen LogP contribution in [0.2, 0.25) is 0 Å². The van der Waals surface area contributed by atoms with Crippen molar-refractivity contribution >= 4 is 16.8 Å². The number of ketones is 1. The molecular weight excluding hydrogens is 516 g/mol. The predicted molar refractivity (Wildman–Crippen MR) is 147 cm³/mol. The van der Waals surface area contributed by atoms with Crippen LogP contribution >= 0.6 is 0 Å². The Bertz CT molecular complexity index is 1850. The first-order valence-corrected chi connectivity index (χ1v) is 12.5. The molecule has 0 saturated heterocycles. The molecule has 3 heterocycles. The highest BCUT2D eigenvalue weighted by atomic mass is 19.1. The molecule has 5 rings (SSSR count). The summed E-state index contributed by atoms with van der Waals surface area (Å²) in [4.78, 5) is 38.5. The van der Waals surface area contributed by atoms with Gasteiger partial charge in [-0.25, -0.2) is 13.8 Å². The van der Waals surface area contributed by atoms with Crippen LogP contribution < -0.4 is 14.9 Å². The lowest BCUT2D eigenvalue weighted by Crippen LogP contribution is -2.23. The maximum Gasteiger partial charge on any atom is 0.213 e. The number of aryl methyl sites for hydroxylation is 3. The quantitative estimate of drug-likeness (QED) is 0.239. The molecule has 40 heavy (non-hydrogen) atoms. The predicted octanol–water partition coefficient (Wildman–Crippen LogP) is 6.41. The zero-order chi connectivity index (χ0) is 28.6. The average molecular weight is 542 g/mol. The molecule has 202 valence electrons. The number of pyridine rings is 3. The number of fused-ring (bicyclic) bond motifs is 1. The Morgan fingerprint density at radius 3 is 2.48 bits per heavy atom. The van der Waals surface area contributed by atoms with Crippen molar-refractivity contribution in [3.8, 4) is 28.5 Å². The summed E-state index contributed by atoms with van der Waals surface area (Å²) in [5, 5.41) is 0. The fraction of sp³-hybridized carbons (Fsp3) is 0.161. The number of nitrogens with one attached hydrogen (secondary N) is 1. The van der Waals surface area contributed by atoms with Crippen LogP contribution in [0.1, 0.15) is 32.9 Å². The number of aromatic amines is 1. The van der Waals surface area contributed by atoms with Gasteiger partial charge in [0, 0.05) is 41.7 Å². The Morgan fingerprint density at radius 1 is 0.950 bits per heavy atom. The molecule has 0 bridgehead atoms. The van der Waals surface area contributed by atoms with E-state index in [1.807, 2.05) is 0 Å². The van der Waals surface area contributed by atoms with Gasteiger partial charge in [-0.1, -0.05) is 12.1 Å². The van der Waals surface area contributed by atoms with Crippen LogP contribution in [0.25, 0.3) is 22.2 Å². The van der Waals surface area contributed by atoms with E-state index >= 15 is 4.39 Å². The van der Waals surface area contributed by atoms with Crippen molar-refractivity contribution in [1.82, 2.24) is 15.0 Å². The average Bonchev–Trinajstić information content (AvgIpc) is 2.91. The summed E-state index contributed by atoms with van der Waals surface area (Å²) in [7, 11) is 1.49. The van der Waals surface area contributed by atoms with Crippen molar-refractivity contribution < 1.29 is 23.0 Å². The summed E-state index contributed by atoms with van der Waals surface area (Å²) in [6.45, 7) is 5.07. The number of methoxy groups -OCH3 is 1. The van der Waals surface area contributed by atoms with E-state index in [4.69, 9.17) is 9.47 Å². The van der Waals surface area contributed by atoms with E-state index in [1.165, 1.54) is 43.6 Å². The molecule has 0 amide bonds. The van der Waals surface area contributed by atoms with Gasteiger partial charge in [0.15, 0.2) is 23.1 Å². The van der Waals surface area contributed by atoms with E-state index in [0.717, 1.165) is 0 Å². The van der Waals surface area contributed by atoms with Gasteiger partial charge in [0.05, 0.1) is 18.2 Å². The third-order valence-electron chi connectivity index (χ3n) is 6.63. The second kappa shape index (κ2) is 10.7. The topological polar surface area (TPSA) is 94.2 Å². The summed E-state index contributed by atoms with van der Waals surface area (Å²) in [5.74, 6) is -0.983. The van der Waals surface area contributed by atoms with Crippen molar-refractivity contribution in [2.24, 2.45) is 0 Å². The van der Waals surface area contributed by atoms with Gasteiger partial charge in [0.25, 0.3) is 0 Å². The number of H-pyrrole nitrogens is 1. The molecule has 5 aromatic rings. The summed E-state index contributed by atoms with van der Waals surface area (Å²) < 4.78 is 39.8. The Hall–Kier alpha value is -4.92. The van der Waals surface area contributed by atoms with Gasteiger partial charge < -0.3 is 14.5 Å². The molecule has 0 unspecified atom stereocenters. The Labute approximate surface area is 228 Å². The second-order valence-corrected chi connectivity index (χ2v) is 9.41. The van der Waals surface area contributed by atoms with Crippen LogP contribution in [0.4, 0.5) is 8.78 Å². The Morgan fingerprint density at radius 2 is 1.75 bits per heavy atom. The summed E-state index contributed by atoms with van der Waals surface area (Å²) in [6.07, 6.45) is 1.32. The standard InChI is InChI=1S/C31H25F2N3O4/c1-16-13-20(32)6-7-21(16)28-17(2)35-18(3)29(31(28)38)24(37)15-19-5-9-25(22(33)14-19)40-26-11-12-34-23-8-10-27(39-4)36-30(23)26/h5-14H,15H2,1-4H3,(H,35,38). The number of Topliss-reactive ketones (excluding diaryl/α,β-unsaturated/α-hetero) is 1. The fourth-order valence-electron chi connectivity index (χ4n) is 4.75. The first-order valence-electron chi connectivity index (χ1n) is 12.5. The van der Waals surface area contributed by atoms with Crippen LogP contribution in [0.15, 0.2) is 65.6 Å². The summed E-state index contributed by atoms with van der Waals surface area (Å²) in [5.41, 5.74) is 3.23. The molecule has 0 aliphatic carbocycles. The van der Waals surface area contributed by atoms with Crippen molar-refractivity contribution in [3.05, 3.63) is 111 Å². The van der Waals surface area contributed by atoms with E-state index in [0.29, 0.717) is 50.6 Å². The second-order valence-electron chi connectivity index (χ2n) is 9.41. The van der Waals surface area contributed by atoms with Gasteiger partial charge >= 0.3 is 0 Å². The van der Waals surface area contributed by atoms with Crippen molar-refractivity contribution in [2.75, 3.05) is 7.11 Å². The van der Waals surface area contributed by atoms with Crippen LogP contribution in [0, 0.1) is 32.4 Å². The van der Waals surface area contributed by atoms with E-state index in [-0.39, 0.29) is 23.5 Å². The van der Waals surface area contributed by atoms with Gasteiger partial charge in [-0.2, -0.15) is 0 Å². The molecule has 7 nitrogen and oxygen atoms in total. The minimum absolute atomic E-state index is 0.0201. The highest BCUT2D eigenvalue weighted by Gasteiger charge is 2.22. The highest BCUT2D eigenvalue weighted by Crippen LogP contribution is 2.31. The lowest BCUT2D eigenvalue weighted by atomic mass is 9.93. The molecule has 2 aromatic carbocycles. The largest absolute Gasteiger partial charge is 0.481 e. The molecule has 1 N–H and O–H groups in total. The molecule has 0 aliphatic rings. The lowest BCUT2D eigenvalue weighted by molar-refractivity contribution is 0.0991. The minimum atomic E-state index is -0.685. The smallest absolute Gasteiger partial charge is 0.213 e. The highest BCUT2D eigenvalue weighted by molar-refractivity contribution is 5.99. The van der Waals surface area contributed by atoms with E-state index in [1.54, 1.807) is 45.0 Å². The van der Waals surface area contributed by atoms with Gasteiger partial charge in [-0.15, -0.1) is 0 Å². The normalized spacial score (nSPS) is 11.1. The number of nitrogens with zero attached hydrogens (tertiary/aromatic N) is 2. The number of ether oxygens (including phenoxy) is 2. The summed E-state index contributed by atoms with van der Waals surface area (Å²) in [6, 6.07) is 13.3. The lowest BCUT2D eigenvalue weighted by Gasteiger charge is -2.14. The third kappa shape index (κ3) is 5.05. The van der Waals surface area contributed by atoms with Crippen LogP contribution in [0.3, 0.4) is 0 Å². The zero-order valence-electron chi connectivity index (χ0n) is 22.3. The molecule has 0 aliphatic heterocycles. The molecular formula is C31H25F2N3O4. The number of carbonyl (C=O) groups is 1. The number of halogens is 2. The van der Waals surface area contributed by atoms with Gasteiger partial charge in [0.1, 0.15) is 11.3 Å². The number of benzene rings is 2. The van der Waals surface area contributed by atoms with E-state index in [9.17, 15) is 14.0 Å². The molecule has 0 saturated carbocycles. The van der Waals surface area contributed by atoms with Crippen LogP contribution in [0.5, 0.6) is 17.4 Å². The third-order valence-corrected chi connectivity index (χ3v) is 6.63. The SMILES string of the molecule is COc1ccc2nccc(Oc3ccc(CC(=O)c4c(C)[nH]c(C)c(-c5ccc(F)cc5C)c4=O)cc3F)c2n1. The molecule has 0 spiro atoms. The van der Waals surface area contributed by atoms with Crippen molar-refractivity contribution in [3.63, 3.8) is 0 Å². The molecule has 3 aromatic heterocycles. The molecule has 9 heteroatoms. The molecule has 0 fully saturated rings. The zero-order valence-corrected chi connectivity index (χ0v) is 22.3. The van der Waals surface area contributed by atoms with Crippen LogP contribution in [-0.2, 0) is 6.42 Å². The maximum absolute atomic E-state index is 15.1. The minimum Gasteiger partial charge on any atom is -0.481 e. The van der Waals surface area contributed by atoms with Crippen molar-refractivity contribution in [1.29, 1.82) is 0 Å². The Kier molecular flexibility index (Phi) is 7.13. The first kappa shape index (κ1) is 26.7. The molecule has 0 radical (unpaired) electrons. The van der Waals surface area contributed by atoms with Gasteiger partial charge in [-0.3, -0.25) is 14.6 Å². The van der Waals surface area contributed by atoms with Gasteiger partial charge in [-0.05, 0) is 67.8 Å². The van der Waals surface area contributed by atoms with E-state index in [2.05, 4.69) is 15.0 Å². The number of rotatable bonds is 7. The Balaban J connectivity index is 1.43. The number of hydrogen-bond acceptors (Lipinski definition) is 6. The number of carbonyl (C=O) groups excluding carboxylic acids is 1. The summed E-state index contributed by atoms with van der Waals surface area (Å²) >= 11 is 0. The van der Waals surface area contributed by atoms with Gasteiger partial charge in [0.2, 0.25) is 11.3 Å². The number of hydrogen-bond donors (Lipinski definition) is 1. The van der Waals surface area contributed by atoms with E-state index < -0.39 is 22.8 Å². The molecule has 0 atom stereocenters. The fourth-order valence-corrected chi connectivity index (χ4v) is 4.75. The first-order chi connectivity index (χ1) is 19.2.